The number of carbonyl (C=O) groups excluding carboxylic acids is 1. The second-order valence-electron chi connectivity index (χ2n) is 7.18. The van der Waals surface area contributed by atoms with Crippen molar-refractivity contribution in [2.45, 2.75) is 39.5 Å². The van der Waals surface area contributed by atoms with Gasteiger partial charge in [-0.1, -0.05) is 12.1 Å². The first-order valence-corrected chi connectivity index (χ1v) is 9.49. The SMILES string of the molecule is Cc1[nH]c(=O)c(C#N)c(C)c1CCC(=O)NCCCc1ccc(N(C)C)cc1. The number of hydrogen-bond donors (Lipinski definition) is 2. The molecule has 0 saturated carbocycles. The van der Waals surface area contributed by atoms with E-state index in [-0.39, 0.29) is 17.0 Å². The molecule has 6 nitrogen and oxygen atoms in total. The van der Waals surface area contributed by atoms with E-state index in [0.717, 1.165) is 24.1 Å². The summed E-state index contributed by atoms with van der Waals surface area (Å²) >= 11 is 0. The second kappa shape index (κ2) is 9.75. The van der Waals surface area contributed by atoms with E-state index in [0.29, 0.717) is 24.9 Å². The number of aromatic amines is 1. The summed E-state index contributed by atoms with van der Waals surface area (Å²) in [6.07, 6.45) is 2.62. The van der Waals surface area contributed by atoms with Crippen LogP contribution in [0.5, 0.6) is 0 Å². The van der Waals surface area contributed by atoms with Gasteiger partial charge in [-0.25, -0.2) is 0 Å². The lowest BCUT2D eigenvalue weighted by Crippen LogP contribution is -2.25. The van der Waals surface area contributed by atoms with E-state index in [9.17, 15) is 9.59 Å². The minimum absolute atomic E-state index is 0.0218. The molecule has 2 rings (SSSR count). The maximum Gasteiger partial charge on any atom is 0.266 e. The molecule has 0 fully saturated rings. The van der Waals surface area contributed by atoms with E-state index in [1.54, 1.807) is 13.8 Å². The van der Waals surface area contributed by atoms with Crippen LogP contribution in [0, 0.1) is 25.2 Å². The van der Waals surface area contributed by atoms with E-state index in [1.807, 2.05) is 20.2 Å². The first-order valence-electron chi connectivity index (χ1n) is 9.49. The Balaban J connectivity index is 1.79. The molecule has 0 radical (unpaired) electrons. The van der Waals surface area contributed by atoms with E-state index >= 15 is 0 Å². The Labute approximate surface area is 166 Å². The number of nitriles is 1. The van der Waals surface area contributed by atoms with E-state index in [4.69, 9.17) is 5.26 Å². The normalized spacial score (nSPS) is 10.4. The molecule has 1 heterocycles. The molecule has 2 aromatic rings. The maximum atomic E-state index is 12.1. The van der Waals surface area contributed by atoms with Gasteiger partial charge in [-0.05, 0) is 61.9 Å². The molecule has 0 bridgehead atoms. The monoisotopic (exact) mass is 380 g/mol. The lowest BCUT2D eigenvalue weighted by atomic mass is 9.99. The number of nitrogens with one attached hydrogen (secondary N) is 2. The summed E-state index contributed by atoms with van der Waals surface area (Å²) in [5.74, 6) is -0.0218. The summed E-state index contributed by atoms with van der Waals surface area (Å²) in [6.45, 7) is 4.18. The summed E-state index contributed by atoms with van der Waals surface area (Å²) < 4.78 is 0. The zero-order valence-corrected chi connectivity index (χ0v) is 17.1. The Kier molecular flexibility index (Phi) is 7.39. The third kappa shape index (κ3) is 5.46. The van der Waals surface area contributed by atoms with Gasteiger partial charge in [0.15, 0.2) is 0 Å². The number of H-pyrrole nitrogens is 1. The first-order chi connectivity index (χ1) is 13.3. The van der Waals surface area contributed by atoms with Crippen LogP contribution >= 0.6 is 0 Å². The molecule has 0 unspecified atom stereocenters. The van der Waals surface area contributed by atoms with Gasteiger partial charge in [0.05, 0.1) is 0 Å². The third-order valence-corrected chi connectivity index (χ3v) is 4.94. The van der Waals surface area contributed by atoms with Crippen molar-refractivity contribution in [3.05, 3.63) is 62.6 Å². The highest BCUT2D eigenvalue weighted by molar-refractivity contribution is 5.76. The van der Waals surface area contributed by atoms with Crippen LogP contribution in [0.15, 0.2) is 29.1 Å². The van der Waals surface area contributed by atoms with Crippen LogP contribution < -0.4 is 15.8 Å². The highest BCUT2D eigenvalue weighted by Crippen LogP contribution is 2.15. The minimum Gasteiger partial charge on any atom is -0.378 e. The van der Waals surface area contributed by atoms with Crippen molar-refractivity contribution in [1.82, 2.24) is 10.3 Å². The van der Waals surface area contributed by atoms with E-state index < -0.39 is 0 Å². The summed E-state index contributed by atoms with van der Waals surface area (Å²) in [4.78, 5) is 28.7. The maximum absolute atomic E-state index is 12.1. The Hall–Kier alpha value is -3.07. The van der Waals surface area contributed by atoms with Gasteiger partial charge in [-0.2, -0.15) is 5.26 Å². The van der Waals surface area contributed by atoms with Crippen molar-refractivity contribution in [3.63, 3.8) is 0 Å². The van der Waals surface area contributed by atoms with Crippen LogP contribution in [0.3, 0.4) is 0 Å². The van der Waals surface area contributed by atoms with Crippen LogP contribution in [0.2, 0.25) is 0 Å². The third-order valence-electron chi connectivity index (χ3n) is 4.94. The van der Waals surface area contributed by atoms with Gasteiger partial charge in [0.25, 0.3) is 5.56 Å². The molecule has 1 aromatic carbocycles. The molecule has 0 aliphatic carbocycles. The number of hydrogen-bond acceptors (Lipinski definition) is 4. The topological polar surface area (TPSA) is 89.0 Å². The number of aryl methyl sites for hydroxylation is 2. The molecule has 0 atom stereocenters. The second-order valence-corrected chi connectivity index (χ2v) is 7.18. The van der Waals surface area contributed by atoms with Crippen molar-refractivity contribution < 1.29 is 4.79 Å². The van der Waals surface area contributed by atoms with Gasteiger partial charge in [0, 0.05) is 38.4 Å². The number of anilines is 1. The molecule has 0 aliphatic rings. The fourth-order valence-corrected chi connectivity index (χ4v) is 3.23. The summed E-state index contributed by atoms with van der Waals surface area (Å²) in [5, 5.41) is 12.1. The summed E-state index contributed by atoms with van der Waals surface area (Å²) in [5.41, 5.74) is 4.43. The molecule has 1 amide bonds. The standard InChI is InChI=1S/C22H28N4O2/c1-15-19(16(2)25-22(28)20(15)14-23)11-12-21(27)24-13-5-6-17-7-9-18(10-8-17)26(3)4/h7-10H,5-6,11-13H2,1-4H3,(H,24,27)(H,25,28). The number of benzene rings is 1. The molecular weight excluding hydrogens is 352 g/mol. The number of pyridine rings is 1. The predicted octanol–water partition coefficient (Wildman–Crippen LogP) is 2.61. The fourth-order valence-electron chi connectivity index (χ4n) is 3.23. The lowest BCUT2D eigenvalue weighted by Gasteiger charge is -2.13. The molecule has 1 aromatic heterocycles. The average Bonchev–Trinajstić information content (AvgIpc) is 2.65. The lowest BCUT2D eigenvalue weighted by molar-refractivity contribution is -0.121. The van der Waals surface area contributed by atoms with Gasteiger partial charge in [0.2, 0.25) is 5.91 Å². The number of nitrogens with zero attached hydrogens (tertiary/aromatic N) is 2. The minimum atomic E-state index is -0.371. The smallest absolute Gasteiger partial charge is 0.266 e. The van der Waals surface area contributed by atoms with Crippen LogP contribution in [0.25, 0.3) is 0 Å². The van der Waals surface area contributed by atoms with E-state index in [2.05, 4.69) is 39.5 Å². The predicted molar refractivity (Wildman–Crippen MR) is 112 cm³/mol. The van der Waals surface area contributed by atoms with Crippen molar-refractivity contribution >= 4 is 11.6 Å². The average molecular weight is 380 g/mol. The first kappa shape index (κ1) is 21.2. The number of aromatic nitrogens is 1. The molecule has 0 saturated heterocycles. The highest BCUT2D eigenvalue weighted by atomic mass is 16.1. The van der Waals surface area contributed by atoms with Crippen LogP contribution in [0.4, 0.5) is 5.69 Å². The Bertz CT molecular complexity index is 921. The van der Waals surface area contributed by atoms with Gasteiger partial charge >= 0.3 is 0 Å². The quantitative estimate of drug-likeness (QED) is 0.689. The number of amides is 1. The molecule has 6 heteroatoms. The van der Waals surface area contributed by atoms with Crippen molar-refractivity contribution in [1.29, 1.82) is 5.26 Å². The van der Waals surface area contributed by atoms with Crippen molar-refractivity contribution in [2.24, 2.45) is 0 Å². The van der Waals surface area contributed by atoms with Crippen molar-refractivity contribution in [3.8, 4) is 6.07 Å². The zero-order valence-electron chi connectivity index (χ0n) is 17.1. The summed E-state index contributed by atoms with van der Waals surface area (Å²) in [7, 11) is 4.03. The number of carbonyl (C=O) groups is 1. The molecule has 0 spiro atoms. The zero-order chi connectivity index (χ0) is 20.7. The van der Waals surface area contributed by atoms with Crippen LogP contribution in [-0.4, -0.2) is 31.5 Å². The molecule has 28 heavy (non-hydrogen) atoms. The van der Waals surface area contributed by atoms with Gasteiger partial charge in [-0.3, -0.25) is 9.59 Å². The number of rotatable bonds is 8. The summed E-state index contributed by atoms with van der Waals surface area (Å²) in [6, 6.07) is 10.4. The Morgan fingerprint density at radius 3 is 2.46 bits per heavy atom. The largest absolute Gasteiger partial charge is 0.378 e. The van der Waals surface area contributed by atoms with Crippen LogP contribution in [0.1, 0.15) is 40.8 Å². The molecule has 0 aliphatic heterocycles. The Morgan fingerprint density at radius 2 is 1.86 bits per heavy atom. The van der Waals surface area contributed by atoms with Crippen molar-refractivity contribution in [2.75, 3.05) is 25.5 Å². The Morgan fingerprint density at radius 1 is 1.18 bits per heavy atom. The molecule has 148 valence electrons. The van der Waals surface area contributed by atoms with Gasteiger partial charge in [-0.15, -0.1) is 0 Å². The van der Waals surface area contributed by atoms with Gasteiger partial charge < -0.3 is 15.2 Å². The molecule has 2 N–H and O–H groups in total. The van der Waals surface area contributed by atoms with Crippen LogP contribution in [-0.2, 0) is 17.6 Å². The fraction of sp³-hybridized carbons (Fsp3) is 0.409. The molecular formula is C22H28N4O2. The van der Waals surface area contributed by atoms with Gasteiger partial charge in [0.1, 0.15) is 11.6 Å². The highest BCUT2D eigenvalue weighted by Gasteiger charge is 2.13. The van der Waals surface area contributed by atoms with E-state index in [1.165, 1.54) is 11.3 Å².